The Hall–Kier alpha value is 0.580. The highest BCUT2D eigenvalue weighted by atomic mass is 32.2. The van der Waals surface area contributed by atoms with Crippen LogP contribution in [0.2, 0.25) is 0 Å². The van der Waals surface area contributed by atoms with Gasteiger partial charge in [-0.05, 0) is 38.4 Å². The molecular formula is C15H20S5. The van der Waals surface area contributed by atoms with Crippen molar-refractivity contribution in [3.05, 3.63) is 27.5 Å². The van der Waals surface area contributed by atoms with E-state index < -0.39 is 0 Å². The van der Waals surface area contributed by atoms with Gasteiger partial charge in [-0.25, -0.2) is 0 Å². The molecule has 1 aromatic heterocycles. The van der Waals surface area contributed by atoms with E-state index in [4.69, 9.17) is 0 Å². The molecule has 0 fully saturated rings. The van der Waals surface area contributed by atoms with Gasteiger partial charge in [0, 0.05) is 29.7 Å². The second-order valence-electron chi connectivity index (χ2n) is 4.63. The van der Waals surface area contributed by atoms with Gasteiger partial charge in [-0.15, -0.1) is 34.9 Å². The molecule has 0 aliphatic heterocycles. The van der Waals surface area contributed by atoms with E-state index in [0.29, 0.717) is 0 Å². The zero-order valence-electron chi connectivity index (χ0n) is 12.3. The maximum absolute atomic E-state index is 2.31. The zero-order valence-corrected chi connectivity index (χ0v) is 16.4. The molecule has 0 nitrogen and oxygen atoms in total. The summed E-state index contributed by atoms with van der Waals surface area (Å²) in [7, 11) is 0. The predicted octanol–water partition coefficient (Wildman–Crippen LogP) is 6.62. The summed E-state index contributed by atoms with van der Waals surface area (Å²) in [5.41, 5.74) is 2.99. The van der Waals surface area contributed by atoms with Gasteiger partial charge in [-0.3, -0.25) is 0 Å². The molecule has 0 saturated heterocycles. The molecule has 1 aromatic rings. The van der Waals surface area contributed by atoms with Crippen molar-refractivity contribution in [2.45, 2.75) is 30.1 Å². The molecule has 0 unspecified atom stereocenters. The Balaban J connectivity index is 2.30. The van der Waals surface area contributed by atoms with Crippen LogP contribution in [0.5, 0.6) is 0 Å². The van der Waals surface area contributed by atoms with Gasteiger partial charge in [-0.1, -0.05) is 17.7 Å². The first-order valence-corrected chi connectivity index (χ1v) is 12.0. The van der Waals surface area contributed by atoms with Gasteiger partial charge in [0.05, 0.1) is 0 Å². The van der Waals surface area contributed by atoms with Gasteiger partial charge in [0.1, 0.15) is 0 Å². The van der Waals surface area contributed by atoms with Crippen molar-refractivity contribution in [2.75, 3.05) is 22.7 Å². The van der Waals surface area contributed by atoms with Gasteiger partial charge in [0.25, 0.3) is 0 Å². The third-order valence-electron chi connectivity index (χ3n) is 2.96. The fourth-order valence-electron chi connectivity index (χ4n) is 2.07. The maximum atomic E-state index is 2.31. The zero-order chi connectivity index (χ0) is 14.5. The van der Waals surface area contributed by atoms with Gasteiger partial charge in [0.2, 0.25) is 0 Å². The number of thiophene rings is 1. The molecule has 0 N–H and O–H groups in total. The summed E-state index contributed by atoms with van der Waals surface area (Å²) in [6.45, 7) is 4.50. The van der Waals surface area contributed by atoms with Gasteiger partial charge < -0.3 is 0 Å². The number of aryl methyl sites for hydroxylation is 1. The summed E-state index contributed by atoms with van der Waals surface area (Å²) in [6, 6.07) is 0. The van der Waals surface area contributed by atoms with E-state index >= 15 is 0 Å². The molecule has 0 amide bonds. The third-order valence-corrected chi connectivity index (χ3v) is 8.85. The van der Waals surface area contributed by atoms with Crippen LogP contribution < -0.4 is 0 Å². The first-order chi connectivity index (χ1) is 9.67. The molecule has 1 heterocycles. The first kappa shape index (κ1) is 16.9. The van der Waals surface area contributed by atoms with E-state index in [9.17, 15) is 0 Å². The average molecular weight is 361 g/mol. The normalized spacial score (nSPS) is 14.6. The number of allylic oxidation sites excluding steroid dienone is 4. The van der Waals surface area contributed by atoms with Crippen molar-refractivity contribution in [1.29, 1.82) is 0 Å². The highest BCUT2D eigenvalue weighted by Gasteiger charge is 2.20. The lowest BCUT2D eigenvalue weighted by molar-refractivity contribution is 1.22. The van der Waals surface area contributed by atoms with E-state index in [2.05, 4.69) is 38.5 Å². The molecule has 0 aromatic carbocycles. The fourth-order valence-corrected chi connectivity index (χ4v) is 6.99. The van der Waals surface area contributed by atoms with Gasteiger partial charge >= 0.3 is 0 Å². The Morgan fingerprint density at radius 3 is 2.20 bits per heavy atom. The van der Waals surface area contributed by atoms with Crippen molar-refractivity contribution in [3.63, 3.8) is 0 Å². The summed E-state index contributed by atoms with van der Waals surface area (Å²) in [4.78, 5) is 6.03. The highest BCUT2D eigenvalue weighted by Crippen LogP contribution is 2.47. The summed E-state index contributed by atoms with van der Waals surface area (Å²) >= 11 is 9.81. The van der Waals surface area contributed by atoms with Crippen molar-refractivity contribution in [3.8, 4) is 0 Å². The number of hydrogen-bond acceptors (Lipinski definition) is 5. The van der Waals surface area contributed by atoms with Crippen molar-refractivity contribution in [1.82, 2.24) is 0 Å². The van der Waals surface area contributed by atoms with Crippen molar-refractivity contribution >= 4 is 64.0 Å². The van der Waals surface area contributed by atoms with Crippen LogP contribution in [0.4, 0.5) is 0 Å². The smallest absolute Gasteiger partial charge is 0.0456 e. The van der Waals surface area contributed by atoms with Crippen LogP contribution in [0.15, 0.2) is 27.5 Å². The molecule has 20 heavy (non-hydrogen) atoms. The minimum absolute atomic E-state index is 1.12. The number of rotatable bonds is 7. The largest absolute Gasteiger partial charge is 0.154 e. The summed E-state index contributed by atoms with van der Waals surface area (Å²) in [6.07, 6.45) is 10.1. The Bertz CT molecular complexity index is 525. The van der Waals surface area contributed by atoms with Crippen LogP contribution in [0.3, 0.4) is 0 Å². The fraction of sp³-hybridized carbons (Fsp3) is 0.467. The molecule has 0 atom stereocenters. The van der Waals surface area contributed by atoms with Crippen LogP contribution in [-0.2, 0) is 0 Å². The monoisotopic (exact) mass is 360 g/mol. The SMILES string of the molecule is CSCSc1c(C)sc(C2=CC=C(C)C2)c1SCSC. The lowest BCUT2D eigenvalue weighted by atomic mass is 10.1. The lowest BCUT2D eigenvalue weighted by Gasteiger charge is -2.08. The van der Waals surface area contributed by atoms with Crippen molar-refractivity contribution in [2.24, 2.45) is 0 Å². The molecule has 5 heteroatoms. The molecule has 0 spiro atoms. The quantitative estimate of drug-likeness (QED) is 0.396. The minimum Gasteiger partial charge on any atom is -0.154 e. The minimum atomic E-state index is 1.12. The molecular weight excluding hydrogens is 340 g/mol. The predicted molar refractivity (Wildman–Crippen MR) is 104 cm³/mol. The topological polar surface area (TPSA) is 0 Å². The Morgan fingerprint density at radius 1 is 1.00 bits per heavy atom. The second-order valence-corrected chi connectivity index (χ2v) is 10.3. The molecule has 2 rings (SSSR count). The van der Waals surface area contributed by atoms with E-state index in [0.717, 1.165) is 16.6 Å². The first-order valence-electron chi connectivity index (χ1n) is 6.41. The molecule has 1 aliphatic carbocycles. The molecule has 0 saturated carbocycles. The Labute approximate surface area is 143 Å². The van der Waals surface area contributed by atoms with Crippen LogP contribution >= 0.6 is 58.4 Å². The molecule has 1 aliphatic rings. The van der Waals surface area contributed by atoms with Crippen LogP contribution in [-0.4, -0.2) is 22.7 Å². The van der Waals surface area contributed by atoms with Crippen molar-refractivity contribution < 1.29 is 0 Å². The Morgan fingerprint density at radius 2 is 1.65 bits per heavy atom. The summed E-state index contributed by atoms with van der Waals surface area (Å²) < 4.78 is 0. The van der Waals surface area contributed by atoms with Crippen LogP contribution in [0, 0.1) is 6.92 Å². The third kappa shape index (κ3) is 4.07. The standard InChI is InChI=1S/C15H20S5/c1-10-5-6-12(7-10)14-15(19-9-17-4)13(11(2)20-14)18-8-16-3/h5-6H,7-9H2,1-4H3. The second kappa shape index (κ2) is 8.28. The van der Waals surface area contributed by atoms with E-state index in [1.165, 1.54) is 30.7 Å². The lowest BCUT2D eigenvalue weighted by Crippen LogP contribution is -1.84. The average Bonchev–Trinajstić information content (AvgIpc) is 2.98. The molecule has 0 bridgehead atoms. The number of thioether (sulfide) groups is 4. The molecule has 110 valence electrons. The van der Waals surface area contributed by atoms with E-state index in [-0.39, 0.29) is 0 Å². The summed E-state index contributed by atoms with van der Waals surface area (Å²) in [5.74, 6) is 0. The van der Waals surface area contributed by atoms with Gasteiger partial charge in [0.15, 0.2) is 0 Å². The Kier molecular flexibility index (Phi) is 7.01. The van der Waals surface area contributed by atoms with Crippen LogP contribution in [0.25, 0.3) is 5.57 Å². The summed E-state index contributed by atoms with van der Waals surface area (Å²) in [5, 5.41) is 2.27. The highest BCUT2D eigenvalue weighted by molar-refractivity contribution is 8.17. The maximum Gasteiger partial charge on any atom is 0.0456 e. The van der Waals surface area contributed by atoms with E-state index in [1.54, 1.807) is 0 Å². The number of hydrogen-bond donors (Lipinski definition) is 0. The van der Waals surface area contributed by atoms with Crippen LogP contribution in [0.1, 0.15) is 23.1 Å². The van der Waals surface area contributed by atoms with Gasteiger partial charge in [-0.2, -0.15) is 23.5 Å². The van der Waals surface area contributed by atoms with E-state index in [1.807, 2.05) is 58.4 Å². The molecule has 0 radical (unpaired) electrons.